The van der Waals surface area contributed by atoms with Crippen LogP contribution in [0.3, 0.4) is 0 Å². The summed E-state index contributed by atoms with van der Waals surface area (Å²) in [5, 5.41) is 21.0. The number of hydrogen-bond donors (Lipinski definition) is 2. The predicted molar refractivity (Wildman–Crippen MR) is 105 cm³/mol. The Morgan fingerprint density at radius 3 is 2.72 bits per heavy atom. The smallest absolute Gasteiger partial charge is 0.342 e. The number of ether oxygens (including phenoxy) is 3. The number of benzene rings is 1. The van der Waals surface area contributed by atoms with E-state index in [0.29, 0.717) is 22.5 Å². The third-order valence-corrected chi connectivity index (χ3v) is 5.36. The van der Waals surface area contributed by atoms with Gasteiger partial charge in [-0.25, -0.2) is 4.79 Å². The van der Waals surface area contributed by atoms with E-state index in [-0.39, 0.29) is 24.3 Å². The molecule has 1 aromatic carbocycles. The second-order valence-corrected chi connectivity index (χ2v) is 7.57. The number of aromatic hydroxyl groups is 1. The zero-order valence-corrected chi connectivity index (χ0v) is 17.1. The maximum Gasteiger partial charge on any atom is 0.342 e. The van der Waals surface area contributed by atoms with E-state index in [1.807, 2.05) is 6.92 Å². The van der Waals surface area contributed by atoms with Gasteiger partial charge in [0.2, 0.25) is 0 Å². The molecule has 0 unspecified atom stereocenters. The number of rotatable bonds is 5. The Kier molecular flexibility index (Phi) is 5.71. The lowest BCUT2D eigenvalue weighted by Gasteiger charge is -2.38. The van der Waals surface area contributed by atoms with Crippen LogP contribution in [0.4, 0.5) is 0 Å². The Hall–Kier alpha value is -2.80. The third-order valence-electron chi connectivity index (χ3n) is 5.36. The standard InChI is InChI=1S/C22H26O7/c1-5-6-14-8-13-9-18(22(3,26)20(24)16(13)11-28-14)29-21(25)19-12(2)7-15(27-4)10-17(19)23/h7-8,10,18,23,26H,5-6,9,11H2,1-4H3/t18-,22-/m0/s1. The highest BCUT2D eigenvalue weighted by molar-refractivity contribution is 6.05. The van der Waals surface area contributed by atoms with Crippen molar-refractivity contribution in [3.8, 4) is 11.5 Å². The molecule has 1 aromatic rings. The molecule has 1 aliphatic carbocycles. The summed E-state index contributed by atoms with van der Waals surface area (Å²) in [5.74, 6) is -0.436. The zero-order valence-electron chi connectivity index (χ0n) is 17.1. The van der Waals surface area contributed by atoms with Crippen molar-refractivity contribution in [1.29, 1.82) is 0 Å². The molecule has 156 valence electrons. The minimum atomic E-state index is -1.88. The highest BCUT2D eigenvalue weighted by Gasteiger charge is 2.48. The summed E-state index contributed by atoms with van der Waals surface area (Å²) in [7, 11) is 1.45. The lowest BCUT2D eigenvalue weighted by atomic mass is 9.77. The molecule has 7 heteroatoms. The molecule has 2 N–H and O–H groups in total. The van der Waals surface area contributed by atoms with E-state index in [2.05, 4.69) is 0 Å². The van der Waals surface area contributed by atoms with Crippen LogP contribution in [0, 0.1) is 6.92 Å². The number of ketones is 1. The minimum absolute atomic E-state index is 0.0250. The van der Waals surface area contributed by atoms with Gasteiger partial charge in [0.1, 0.15) is 29.8 Å². The van der Waals surface area contributed by atoms with Crippen molar-refractivity contribution in [3.05, 3.63) is 46.2 Å². The first-order valence-corrected chi connectivity index (χ1v) is 9.60. The number of esters is 1. The highest BCUT2D eigenvalue weighted by Crippen LogP contribution is 2.37. The number of methoxy groups -OCH3 is 1. The van der Waals surface area contributed by atoms with E-state index in [4.69, 9.17) is 14.2 Å². The highest BCUT2D eigenvalue weighted by atomic mass is 16.6. The van der Waals surface area contributed by atoms with Crippen molar-refractivity contribution in [2.75, 3.05) is 13.7 Å². The van der Waals surface area contributed by atoms with Gasteiger partial charge in [0.15, 0.2) is 11.4 Å². The number of carbonyl (C=O) groups excluding carboxylic acids is 2. The van der Waals surface area contributed by atoms with Gasteiger partial charge in [-0.1, -0.05) is 6.92 Å². The van der Waals surface area contributed by atoms with Crippen LogP contribution in [0.25, 0.3) is 0 Å². The van der Waals surface area contributed by atoms with Crippen molar-refractivity contribution in [2.24, 2.45) is 0 Å². The van der Waals surface area contributed by atoms with Crippen LogP contribution in [-0.2, 0) is 14.3 Å². The first-order chi connectivity index (χ1) is 13.7. The van der Waals surface area contributed by atoms with Crippen LogP contribution in [0.1, 0.15) is 49.0 Å². The molecule has 0 fully saturated rings. The van der Waals surface area contributed by atoms with Crippen molar-refractivity contribution in [3.63, 3.8) is 0 Å². The van der Waals surface area contributed by atoms with Crippen LogP contribution in [0.15, 0.2) is 35.1 Å². The quantitative estimate of drug-likeness (QED) is 0.730. The number of phenols is 1. The van der Waals surface area contributed by atoms with Gasteiger partial charge in [-0.2, -0.15) is 0 Å². The Morgan fingerprint density at radius 2 is 2.10 bits per heavy atom. The second kappa shape index (κ2) is 7.91. The van der Waals surface area contributed by atoms with Crippen LogP contribution < -0.4 is 4.74 Å². The average Bonchev–Trinajstić information content (AvgIpc) is 2.65. The summed E-state index contributed by atoms with van der Waals surface area (Å²) in [4.78, 5) is 25.6. The molecule has 2 atom stereocenters. The molecule has 3 rings (SSSR count). The Morgan fingerprint density at radius 1 is 1.38 bits per heavy atom. The predicted octanol–water partition coefficient (Wildman–Crippen LogP) is 2.97. The van der Waals surface area contributed by atoms with Crippen LogP contribution in [0.2, 0.25) is 0 Å². The summed E-state index contributed by atoms with van der Waals surface area (Å²) in [6.07, 6.45) is 2.54. The third kappa shape index (κ3) is 3.87. The number of carbonyl (C=O) groups is 2. The lowest BCUT2D eigenvalue weighted by molar-refractivity contribution is -0.146. The molecule has 2 aliphatic rings. The molecule has 7 nitrogen and oxygen atoms in total. The number of hydrogen-bond acceptors (Lipinski definition) is 7. The monoisotopic (exact) mass is 402 g/mol. The van der Waals surface area contributed by atoms with E-state index in [1.54, 1.807) is 19.1 Å². The number of aryl methyl sites for hydroxylation is 1. The van der Waals surface area contributed by atoms with Gasteiger partial charge < -0.3 is 24.4 Å². The number of aliphatic hydroxyl groups is 1. The largest absolute Gasteiger partial charge is 0.507 e. The maximum atomic E-state index is 12.8. The van der Waals surface area contributed by atoms with Gasteiger partial charge in [-0.05, 0) is 43.5 Å². The fourth-order valence-corrected chi connectivity index (χ4v) is 3.68. The molecular formula is C22H26O7. The van der Waals surface area contributed by atoms with E-state index in [9.17, 15) is 19.8 Å². The van der Waals surface area contributed by atoms with E-state index in [0.717, 1.165) is 18.6 Å². The first kappa shape index (κ1) is 20.9. The molecule has 0 aromatic heterocycles. The lowest BCUT2D eigenvalue weighted by Crippen LogP contribution is -2.53. The van der Waals surface area contributed by atoms with Gasteiger partial charge in [0.05, 0.1) is 12.9 Å². The molecule has 0 spiro atoms. The fraction of sp³-hybridized carbons (Fsp3) is 0.455. The molecule has 29 heavy (non-hydrogen) atoms. The molecular weight excluding hydrogens is 376 g/mol. The molecule has 1 heterocycles. The van der Waals surface area contributed by atoms with Crippen LogP contribution in [-0.4, -0.2) is 47.4 Å². The van der Waals surface area contributed by atoms with Crippen LogP contribution in [0.5, 0.6) is 11.5 Å². The normalized spacial score (nSPS) is 23.8. The van der Waals surface area contributed by atoms with Gasteiger partial charge in [-0.3, -0.25) is 4.79 Å². The van der Waals surface area contributed by atoms with Crippen LogP contribution >= 0.6 is 0 Å². The molecule has 0 saturated carbocycles. The SMILES string of the molecule is CCCC1=CC2=C(CO1)C(=O)[C@@](C)(O)[C@@H](OC(=O)c1c(C)cc(OC)cc1O)C2. The van der Waals surface area contributed by atoms with E-state index in [1.165, 1.54) is 20.1 Å². The van der Waals surface area contributed by atoms with Crippen molar-refractivity contribution in [1.82, 2.24) is 0 Å². The van der Waals surface area contributed by atoms with E-state index >= 15 is 0 Å². The molecule has 0 radical (unpaired) electrons. The van der Waals surface area contributed by atoms with Gasteiger partial charge in [0, 0.05) is 24.5 Å². The maximum absolute atomic E-state index is 12.8. The van der Waals surface area contributed by atoms with E-state index < -0.39 is 23.5 Å². The number of phenolic OH excluding ortho intramolecular Hbond substituents is 1. The molecule has 0 amide bonds. The second-order valence-electron chi connectivity index (χ2n) is 7.57. The fourth-order valence-electron chi connectivity index (χ4n) is 3.68. The van der Waals surface area contributed by atoms with Crippen molar-refractivity contribution >= 4 is 11.8 Å². The summed E-state index contributed by atoms with van der Waals surface area (Å²) in [6.45, 7) is 5.11. The Labute approximate surface area is 169 Å². The summed E-state index contributed by atoms with van der Waals surface area (Å²) in [5.41, 5.74) is -0.327. The molecule has 0 saturated heterocycles. The summed E-state index contributed by atoms with van der Waals surface area (Å²) < 4.78 is 16.2. The topological polar surface area (TPSA) is 102 Å². The summed E-state index contributed by atoms with van der Waals surface area (Å²) >= 11 is 0. The molecule has 0 bridgehead atoms. The summed E-state index contributed by atoms with van der Waals surface area (Å²) in [6, 6.07) is 2.91. The zero-order chi connectivity index (χ0) is 21.3. The number of allylic oxidation sites excluding steroid dienone is 2. The van der Waals surface area contributed by atoms with Gasteiger partial charge >= 0.3 is 5.97 Å². The van der Waals surface area contributed by atoms with Crippen molar-refractivity contribution < 1.29 is 34.0 Å². The Bertz CT molecular complexity index is 885. The average molecular weight is 402 g/mol. The first-order valence-electron chi connectivity index (χ1n) is 9.60. The minimum Gasteiger partial charge on any atom is -0.507 e. The van der Waals surface area contributed by atoms with Gasteiger partial charge in [-0.15, -0.1) is 0 Å². The molecule has 1 aliphatic heterocycles. The van der Waals surface area contributed by atoms with Crippen molar-refractivity contribution in [2.45, 2.75) is 51.7 Å². The number of Topliss-reactive ketones (excluding diaryl/α,β-unsaturated/α-hetero) is 1. The van der Waals surface area contributed by atoms with Gasteiger partial charge in [0.25, 0.3) is 0 Å². The Balaban J connectivity index is 1.89.